The molecule has 0 spiro atoms. The number of amides is 1. The van der Waals surface area contributed by atoms with Crippen molar-refractivity contribution in [1.29, 1.82) is 0 Å². The van der Waals surface area contributed by atoms with E-state index in [0.717, 1.165) is 31.6 Å². The van der Waals surface area contributed by atoms with E-state index in [1.54, 1.807) is 6.20 Å². The highest BCUT2D eigenvalue weighted by Crippen LogP contribution is 2.29. The molecule has 5 nitrogen and oxygen atoms in total. The average Bonchev–Trinajstić information content (AvgIpc) is 2.95. The average molecular weight is 262 g/mol. The summed E-state index contributed by atoms with van der Waals surface area (Å²) in [4.78, 5) is 18.8. The van der Waals surface area contributed by atoms with Crippen LogP contribution in [0.1, 0.15) is 37.9 Å². The minimum Gasteiger partial charge on any atom is -0.337 e. The summed E-state index contributed by atoms with van der Waals surface area (Å²) in [5, 5.41) is 3.40. The van der Waals surface area contributed by atoms with Gasteiger partial charge in [-0.05, 0) is 32.2 Å². The van der Waals surface area contributed by atoms with Crippen LogP contribution in [0.15, 0.2) is 12.4 Å². The fourth-order valence-electron chi connectivity index (χ4n) is 2.77. The highest BCUT2D eigenvalue weighted by atomic mass is 16.2. The van der Waals surface area contributed by atoms with Gasteiger partial charge in [0.25, 0.3) is 0 Å². The third-order valence-corrected chi connectivity index (χ3v) is 4.12. The van der Waals surface area contributed by atoms with E-state index in [2.05, 4.69) is 10.3 Å². The Balaban J connectivity index is 1.63. The van der Waals surface area contributed by atoms with Gasteiger partial charge in [-0.1, -0.05) is 0 Å². The molecule has 5 heteroatoms. The van der Waals surface area contributed by atoms with Gasteiger partial charge in [0, 0.05) is 37.9 Å². The molecule has 19 heavy (non-hydrogen) atoms. The van der Waals surface area contributed by atoms with Crippen molar-refractivity contribution in [3.05, 3.63) is 18.2 Å². The lowest BCUT2D eigenvalue weighted by Crippen LogP contribution is -2.37. The molecule has 1 amide bonds. The topological polar surface area (TPSA) is 50.2 Å². The Kier molecular flexibility index (Phi) is 3.55. The van der Waals surface area contributed by atoms with Crippen LogP contribution < -0.4 is 5.32 Å². The second-order valence-electron chi connectivity index (χ2n) is 5.70. The molecular formula is C14H22N4O. The maximum atomic E-state index is 12.5. The van der Waals surface area contributed by atoms with Crippen molar-refractivity contribution in [2.75, 3.05) is 6.54 Å². The van der Waals surface area contributed by atoms with Crippen molar-refractivity contribution in [3.63, 3.8) is 0 Å². The zero-order valence-electron chi connectivity index (χ0n) is 11.5. The first kappa shape index (κ1) is 12.7. The number of hydrogen-bond acceptors (Lipinski definition) is 3. The summed E-state index contributed by atoms with van der Waals surface area (Å²) in [6.45, 7) is 1.71. The van der Waals surface area contributed by atoms with Gasteiger partial charge in [-0.2, -0.15) is 0 Å². The van der Waals surface area contributed by atoms with Crippen molar-refractivity contribution in [3.8, 4) is 0 Å². The number of carbonyl (C=O) groups excluding carboxylic acids is 1. The first-order chi connectivity index (χ1) is 9.24. The van der Waals surface area contributed by atoms with Gasteiger partial charge >= 0.3 is 0 Å². The maximum Gasteiger partial charge on any atom is 0.224 e. The van der Waals surface area contributed by atoms with E-state index in [1.807, 2.05) is 22.7 Å². The number of carbonyl (C=O) groups is 1. The summed E-state index contributed by atoms with van der Waals surface area (Å²) in [7, 11) is 1.98. The minimum absolute atomic E-state index is 0.282. The molecule has 1 saturated carbocycles. The van der Waals surface area contributed by atoms with Gasteiger partial charge in [-0.3, -0.25) is 4.79 Å². The maximum absolute atomic E-state index is 12.5. The van der Waals surface area contributed by atoms with E-state index in [9.17, 15) is 4.79 Å². The zero-order valence-corrected chi connectivity index (χ0v) is 11.5. The third-order valence-electron chi connectivity index (χ3n) is 4.12. The molecule has 0 radical (unpaired) electrons. The molecule has 1 saturated heterocycles. The quantitative estimate of drug-likeness (QED) is 0.863. The fraction of sp³-hybridized carbons (Fsp3) is 0.714. The normalized spacial score (nSPS) is 22.7. The molecule has 104 valence electrons. The Labute approximate surface area is 114 Å². The van der Waals surface area contributed by atoms with E-state index in [1.165, 1.54) is 6.42 Å². The van der Waals surface area contributed by atoms with E-state index in [0.29, 0.717) is 25.0 Å². The molecule has 1 aromatic rings. The Hall–Kier alpha value is -1.36. The van der Waals surface area contributed by atoms with Crippen molar-refractivity contribution >= 4 is 5.91 Å². The fourth-order valence-corrected chi connectivity index (χ4v) is 2.77. The molecule has 1 N–H and O–H groups in total. The molecule has 2 fully saturated rings. The van der Waals surface area contributed by atoms with E-state index in [4.69, 9.17) is 0 Å². The molecule has 1 aromatic heterocycles. The number of aryl methyl sites for hydroxylation is 1. The highest BCUT2D eigenvalue weighted by Gasteiger charge is 2.34. The monoisotopic (exact) mass is 262 g/mol. The minimum atomic E-state index is 0.282. The largest absolute Gasteiger partial charge is 0.337 e. The molecular weight excluding hydrogens is 240 g/mol. The summed E-state index contributed by atoms with van der Waals surface area (Å²) in [6, 6.07) is 0.834. The van der Waals surface area contributed by atoms with Crippen LogP contribution in [0.5, 0.6) is 0 Å². The van der Waals surface area contributed by atoms with Crippen LogP contribution >= 0.6 is 0 Å². The second kappa shape index (κ2) is 5.33. The number of imidazole rings is 1. The summed E-state index contributed by atoms with van der Waals surface area (Å²) < 4.78 is 2.00. The van der Waals surface area contributed by atoms with Crippen molar-refractivity contribution < 1.29 is 4.79 Å². The molecule has 2 heterocycles. The Morgan fingerprint density at radius 3 is 2.95 bits per heavy atom. The summed E-state index contributed by atoms with van der Waals surface area (Å²) in [5.41, 5.74) is 0. The lowest BCUT2D eigenvalue weighted by Gasteiger charge is -2.23. The second-order valence-corrected chi connectivity index (χ2v) is 5.70. The summed E-state index contributed by atoms with van der Waals surface area (Å²) in [5.74, 6) is 1.25. The molecule has 2 aliphatic rings. The highest BCUT2D eigenvalue weighted by molar-refractivity contribution is 5.77. The van der Waals surface area contributed by atoms with Gasteiger partial charge < -0.3 is 14.8 Å². The molecule has 3 rings (SSSR count). The first-order valence-corrected chi connectivity index (χ1v) is 7.23. The Bertz CT molecular complexity index is 446. The Morgan fingerprint density at radius 1 is 1.53 bits per heavy atom. The summed E-state index contributed by atoms with van der Waals surface area (Å²) in [6.07, 6.45) is 8.99. The lowest BCUT2D eigenvalue weighted by atomic mass is 10.1. The SMILES string of the molecule is Cn1ccnc1CN(C(=O)CC1CCCN1)C1CC1. The van der Waals surface area contributed by atoms with Gasteiger partial charge in [0.15, 0.2) is 0 Å². The first-order valence-electron chi connectivity index (χ1n) is 7.23. The van der Waals surface area contributed by atoms with Crippen LogP contribution in [0.25, 0.3) is 0 Å². The van der Waals surface area contributed by atoms with Crippen LogP contribution in [-0.2, 0) is 18.4 Å². The van der Waals surface area contributed by atoms with Crippen molar-refractivity contribution in [2.24, 2.45) is 7.05 Å². The van der Waals surface area contributed by atoms with Gasteiger partial charge in [0.05, 0.1) is 6.54 Å². The molecule has 0 bridgehead atoms. The van der Waals surface area contributed by atoms with Crippen LogP contribution in [0.4, 0.5) is 0 Å². The molecule has 1 atom stereocenters. The molecule has 1 unspecified atom stereocenters. The number of hydrogen-bond donors (Lipinski definition) is 1. The molecule has 1 aliphatic carbocycles. The summed E-state index contributed by atoms with van der Waals surface area (Å²) >= 11 is 0. The van der Waals surface area contributed by atoms with Gasteiger partial charge in [0.2, 0.25) is 5.91 Å². The van der Waals surface area contributed by atoms with E-state index in [-0.39, 0.29) is 5.91 Å². The lowest BCUT2D eigenvalue weighted by molar-refractivity contribution is -0.133. The number of rotatable bonds is 5. The Morgan fingerprint density at radius 2 is 2.37 bits per heavy atom. The van der Waals surface area contributed by atoms with E-state index < -0.39 is 0 Å². The van der Waals surface area contributed by atoms with Gasteiger partial charge in [0.1, 0.15) is 5.82 Å². The smallest absolute Gasteiger partial charge is 0.224 e. The predicted octanol–water partition coefficient (Wildman–Crippen LogP) is 1.05. The van der Waals surface area contributed by atoms with Gasteiger partial charge in [-0.15, -0.1) is 0 Å². The molecule has 0 aromatic carbocycles. The number of nitrogens with one attached hydrogen (secondary N) is 1. The number of nitrogens with zero attached hydrogens (tertiary/aromatic N) is 3. The van der Waals surface area contributed by atoms with Crippen molar-refractivity contribution in [2.45, 2.75) is 50.7 Å². The van der Waals surface area contributed by atoms with Crippen LogP contribution in [0.3, 0.4) is 0 Å². The van der Waals surface area contributed by atoms with E-state index >= 15 is 0 Å². The van der Waals surface area contributed by atoms with Crippen molar-refractivity contribution in [1.82, 2.24) is 19.8 Å². The predicted molar refractivity (Wildman–Crippen MR) is 72.4 cm³/mol. The standard InChI is InChI=1S/C14H22N4O/c1-17-8-7-16-13(17)10-18(12-4-5-12)14(19)9-11-3-2-6-15-11/h7-8,11-12,15H,2-6,9-10H2,1H3. The van der Waals surface area contributed by atoms with Crippen LogP contribution in [0, 0.1) is 0 Å². The van der Waals surface area contributed by atoms with Crippen LogP contribution in [0.2, 0.25) is 0 Å². The zero-order chi connectivity index (χ0) is 13.2. The third kappa shape index (κ3) is 2.97. The number of aromatic nitrogens is 2. The molecule has 1 aliphatic heterocycles. The van der Waals surface area contributed by atoms with Gasteiger partial charge in [-0.25, -0.2) is 4.98 Å². The van der Waals surface area contributed by atoms with Crippen LogP contribution in [-0.4, -0.2) is 39.0 Å².